The molecule has 0 saturated heterocycles. The minimum atomic E-state index is -0.424. The summed E-state index contributed by atoms with van der Waals surface area (Å²) in [5.41, 5.74) is 0.326. The summed E-state index contributed by atoms with van der Waals surface area (Å²) < 4.78 is 13.3. The van der Waals surface area contributed by atoms with Crippen LogP contribution in [-0.2, 0) is 4.79 Å². The maximum Gasteiger partial charge on any atom is 0.255 e. The van der Waals surface area contributed by atoms with E-state index in [-0.39, 0.29) is 18.4 Å². The van der Waals surface area contributed by atoms with Crippen molar-refractivity contribution in [2.24, 2.45) is 0 Å². The number of hydrogen-bond acceptors (Lipinski definition) is 2. The lowest BCUT2D eigenvalue weighted by Gasteiger charge is -2.17. The van der Waals surface area contributed by atoms with Crippen molar-refractivity contribution < 1.29 is 14.0 Å². The smallest absolute Gasteiger partial charge is 0.255 e. The van der Waals surface area contributed by atoms with Gasteiger partial charge in [-0.05, 0) is 40.5 Å². The number of amides is 2. The molecule has 0 aliphatic rings. The van der Waals surface area contributed by atoms with Crippen LogP contribution in [0.1, 0.15) is 23.7 Å². The van der Waals surface area contributed by atoms with Crippen molar-refractivity contribution in [1.82, 2.24) is 10.2 Å². The molecule has 0 saturated carbocycles. The molecule has 2 amide bonds. The highest BCUT2D eigenvalue weighted by atomic mass is 79.9. The first-order valence-corrected chi connectivity index (χ1v) is 6.72. The number of hydrogen-bond donors (Lipinski definition) is 1. The SMILES string of the molecule is CCCNC(=O)CN(C)C(=O)c1ccc(F)cc1Br. The minimum Gasteiger partial charge on any atom is -0.355 e. The fraction of sp³-hybridized carbons (Fsp3) is 0.385. The van der Waals surface area contributed by atoms with Crippen molar-refractivity contribution in [2.75, 3.05) is 20.1 Å². The maximum atomic E-state index is 12.9. The molecule has 1 rings (SSSR count). The van der Waals surface area contributed by atoms with Gasteiger partial charge in [-0.1, -0.05) is 6.92 Å². The van der Waals surface area contributed by atoms with Gasteiger partial charge >= 0.3 is 0 Å². The van der Waals surface area contributed by atoms with Gasteiger partial charge in [0.25, 0.3) is 5.91 Å². The molecule has 0 heterocycles. The summed E-state index contributed by atoms with van der Waals surface area (Å²) in [6.07, 6.45) is 0.840. The number of carbonyl (C=O) groups excluding carboxylic acids is 2. The molecule has 4 nitrogen and oxygen atoms in total. The third-order valence-electron chi connectivity index (χ3n) is 2.46. The van der Waals surface area contributed by atoms with Crippen LogP contribution in [0, 0.1) is 5.82 Å². The van der Waals surface area contributed by atoms with E-state index in [1.165, 1.54) is 30.1 Å². The van der Waals surface area contributed by atoms with Crippen LogP contribution in [0.5, 0.6) is 0 Å². The average molecular weight is 331 g/mol. The first-order valence-electron chi connectivity index (χ1n) is 5.93. The lowest BCUT2D eigenvalue weighted by atomic mass is 10.2. The van der Waals surface area contributed by atoms with Crippen LogP contribution in [0.25, 0.3) is 0 Å². The van der Waals surface area contributed by atoms with Crippen molar-refractivity contribution in [3.63, 3.8) is 0 Å². The fourth-order valence-electron chi connectivity index (χ4n) is 1.48. The molecule has 1 aromatic carbocycles. The quantitative estimate of drug-likeness (QED) is 0.899. The number of benzene rings is 1. The van der Waals surface area contributed by atoms with Gasteiger partial charge in [0.15, 0.2) is 0 Å². The number of rotatable bonds is 5. The molecule has 0 fully saturated rings. The molecule has 1 aromatic rings. The van der Waals surface area contributed by atoms with Gasteiger partial charge in [-0.2, -0.15) is 0 Å². The molecule has 0 radical (unpaired) electrons. The van der Waals surface area contributed by atoms with Crippen LogP contribution in [0.15, 0.2) is 22.7 Å². The molecule has 0 aliphatic heterocycles. The van der Waals surface area contributed by atoms with Crippen LogP contribution in [0.2, 0.25) is 0 Å². The molecule has 0 bridgehead atoms. The Hall–Kier alpha value is -1.43. The number of nitrogens with zero attached hydrogens (tertiary/aromatic N) is 1. The molecular weight excluding hydrogens is 315 g/mol. The Labute approximate surface area is 120 Å². The standard InChI is InChI=1S/C13H16BrFN2O2/c1-3-6-16-12(18)8-17(2)13(19)10-5-4-9(15)7-11(10)14/h4-5,7H,3,6,8H2,1-2H3,(H,16,18). The van der Waals surface area contributed by atoms with Crippen molar-refractivity contribution in [2.45, 2.75) is 13.3 Å². The predicted octanol–water partition coefficient (Wildman–Crippen LogP) is 2.19. The maximum absolute atomic E-state index is 12.9. The number of halogens is 2. The Morgan fingerprint density at radius 1 is 1.42 bits per heavy atom. The van der Waals surface area contributed by atoms with Gasteiger partial charge in [-0.3, -0.25) is 9.59 Å². The van der Waals surface area contributed by atoms with Crippen molar-refractivity contribution >= 4 is 27.7 Å². The second-order valence-corrected chi connectivity index (χ2v) is 4.99. The highest BCUT2D eigenvalue weighted by Gasteiger charge is 2.17. The zero-order chi connectivity index (χ0) is 14.4. The minimum absolute atomic E-state index is 0.0251. The highest BCUT2D eigenvalue weighted by molar-refractivity contribution is 9.10. The topological polar surface area (TPSA) is 49.4 Å². The van der Waals surface area contributed by atoms with Crippen LogP contribution in [0.3, 0.4) is 0 Å². The molecule has 6 heteroatoms. The summed E-state index contributed by atoms with van der Waals surface area (Å²) in [5.74, 6) is -0.971. The Bertz CT molecular complexity index is 480. The molecule has 0 spiro atoms. The largest absolute Gasteiger partial charge is 0.355 e. The van der Waals surface area contributed by atoms with Gasteiger partial charge in [-0.15, -0.1) is 0 Å². The second-order valence-electron chi connectivity index (χ2n) is 4.14. The zero-order valence-corrected chi connectivity index (χ0v) is 12.5. The Kier molecular flexibility index (Phi) is 5.95. The number of likely N-dealkylation sites (N-methyl/N-ethyl adjacent to an activating group) is 1. The van der Waals surface area contributed by atoms with Crippen molar-refractivity contribution in [1.29, 1.82) is 0 Å². The lowest BCUT2D eigenvalue weighted by molar-refractivity contribution is -0.121. The molecule has 0 atom stereocenters. The van der Waals surface area contributed by atoms with Gasteiger partial charge in [-0.25, -0.2) is 4.39 Å². The van der Waals surface area contributed by atoms with E-state index < -0.39 is 5.82 Å². The average Bonchev–Trinajstić information content (AvgIpc) is 2.35. The van der Waals surface area contributed by atoms with Gasteiger partial charge in [0, 0.05) is 18.1 Å². The molecule has 1 N–H and O–H groups in total. The summed E-state index contributed by atoms with van der Waals surface area (Å²) in [6.45, 7) is 2.51. The van der Waals surface area contributed by atoms with Crippen LogP contribution in [-0.4, -0.2) is 36.9 Å². The molecule has 19 heavy (non-hydrogen) atoms. The lowest BCUT2D eigenvalue weighted by Crippen LogP contribution is -2.38. The zero-order valence-electron chi connectivity index (χ0n) is 10.9. The van der Waals surface area contributed by atoms with Crippen LogP contribution < -0.4 is 5.32 Å². The van der Waals surface area contributed by atoms with Crippen molar-refractivity contribution in [3.8, 4) is 0 Å². The Balaban J connectivity index is 2.69. The Morgan fingerprint density at radius 3 is 2.68 bits per heavy atom. The van der Waals surface area contributed by atoms with E-state index in [9.17, 15) is 14.0 Å². The van der Waals surface area contributed by atoms with Crippen molar-refractivity contribution in [3.05, 3.63) is 34.1 Å². The van der Waals surface area contributed by atoms with E-state index in [4.69, 9.17) is 0 Å². The van der Waals surface area contributed by atoms with Gasteiger partial charge in [0.2, 0.25) is 5.91 Å². The van der Waals surface area contributed by atoms with Gasteiger partial charge in [0.1, 0.15) is 5.82 Å². The van der Waals surface area contributed by atoms with Gasteiger partial charge < -0.3 is 10.2 Å². The summed E-state index contributed by atoms with van der Waals surface area (Å²) in [4.78, 5) is 24.9. The summed E-state index contributed by atoms with van der Waals surface area (Å²) in [6, 6.07) is 3.82. The predicted molar refractivity (Wildman–Crippen MR) is 74.4 cm³/mol. The number of carbonyl (C=O) groups is 2. The second kappa shape index (κ2) is 7.23. The van der Waals surface area contributed by atoms with Crippen LogP contribution >= 0.6 is 15.9 Å². The van der Waals surface area contributed by atoms with E-state index in [0.717, 1.165) is 6.42 Å². The summed E-state index contributed by atoms with van der Waals surface area (Å²) in [7, 11) is 1.53. The molecule has 0 aromatic heterocycles. The van der Waals surface area contributed by atoms with E-state index in [2.05, 4.69) is 21.2 Å². The summed E-state index contributed by atoms with van der Waals surface area (Å²) in [5, 5.41) is 2.69. The van der Waals surface area contributed by atoms with Gasteiger partial charge in [0.05, 0.1) is 12.1 Å². The van der Waals surface area contributed by atoms with E-state index in [1.54, 1.807) is 0 Å². The summed E-state index contributed by atoms with van der Waals surface area (Å²) >= 11 is 3.14. The third-order valence-corrected chi connectivity index (χ3v) is 3.12. The van der Waals surface area contributed by atoms with E-state index in [0.29, 0.717) is 16.6 Å². The normalized spacial score (nSPS) is 10.1. The third kappa shape index (κ3) is 4.63. The Morgan fingerprint density at radius 2 is 2.11 bits per heavy atom. The monoisotopic (exact) mass is 330 g/mol. The molecule has 0 aliphatic carbocycles. The first kappa shape index (κ1) is 15.6. The highest BCUT2D eigenvalue weighted by Crippen LogP contribution is 2.19. The fourth-order valence-corrected chi connectivity index (χ4v) is 2.00. The van der Waals surface area contributed by atoms with E-state index >= 15 is 0 Å². The van der Waals surface area contributed by atoms with Crippen LogP contribution in [0.4, 0.5) is 4.39 Å². The van der Waals surface area contributed by atoms with E-state index in [1.807, 2.05) is 6.92 Å². The molecule has 0 unspecified atom stereocenters. The molecule has 104 valence electrons. The first-order chi connectivity index (χ1) is 8.95. The number of nitrogens with one attached hydrogen (secondary N) is 1. The molecular formula is C13H16BrFN2O2.